The molecule has 0 saturated heterocycles. The van der Waals surface area contributed by atoms with E-state index in [4.69, 9.17) is 4.74 Å². The monoisotopic (exact) mass is 400 g/mol. The SMILES string of the molecule is Cc1ccc(C[C@H](CC(=O)OCC2c3ccccc3-c3ccccc32)C(=O)O)cc1. The zero-order valence-electron chi connectivity index (χ0n) is 16.9. The van der Waals surface area contributed by atoms with Gasteiger partial charge in [-0.25, -0.2) is 0 Å². The zero-order chi connectivity index (χ0) is 21.1. The minimum atomic E-state index is -0.982. The number of aliphatic carboxylic acids is 1. The number of esters is 1. The minimum absolute atomic E-state index is 0.0262. The van der Waals surface area contributed by atoms with E-state index in [9.17, 15) is 14.7 Å². The molecule has 1 N–H and O–H groups in total. The first kappa shape index (κ1) is 19.9. The Bertz CT molecular complexity index is 1020. The molecule has 0 saturated carbocycles. The van der Waals surface area contributed by atoms with Crippen molar-refractivity contribution in [3.63, 3.8) is 0 Å². The van der Waals surface area contributed by atoms with Crippen LogP contribution in [0.3, 0.4) is 0 Å². The number of benzene rings is 3. The van der Waals surface area contributed by atoms with Crippen LogP contribution in [0.1, 0.15) is 34.6 Å². The molecule has 0 aliphatic heterocycles. The van der Waals surface area contributed by atoms with Crippen LogP contribution in [0.4, 0.5) is 0 Å². The lowest BCUT2D eigenvalue weighted by atomic mass is 9.95. The van der Waals surface area contributed by atoms with E-state index in [2.05, 4.69) is 24.3 Å². The van der Waals surface area contributed by atoms with Gasteiger partial charge in [0, 0.05) is 5.92 Å². The number of carboxylic acid groups (broad SMARTS) is 1. The number of hydrogen-bond acceptors (Lipinski definition) is 3. The number of ether oxygens (including phenoxy) is 1. The van der Waals surface area contributed by atoms with E-state index in [-0.39, 0.29) is 18.9 Å². The van der Waals surface area contributed by atoms with Crippen molar-refractivity contribution < 1.29 is 19.4 Å². The maximum atomic E-state index is 12.5. The molecule has 0 fully saturated rings. The van der Waals surface area contributed by atoms with Crippen molar-refractivity contribution in [2.45, 2.75) is 25.7 Å². The quantitative estimate of drug-likeness (QED) is 0.568. The van der Waals surface area contributed by atoms with Crippen molar-refractivity contribution in [2.24, 2.45) is 5.92 Å². The number of fused-ring (bicyclic) bond motifs is 3. The van der Waals surface area contributed by atoms with Crippen LogP contribution in [0.15, 0.2) is 72.8 Å². The van der Waals surface area contributed by atoms with Gasteiger partial charge in [0.05, 0.1) is 12.3 Å². The summed E-state index contributed by atoms with van der Waals surface area (Å²) in [4.78, 5) is 24.2. The van der Waals surface area contributed by atoms with E-state index in [1.807, 2.05) is 55.5 Å². The summed E-state index contributed by atoms with van der Waals surface area (Å²) in [6, 6.07) is 24.0. The van der Waals surface area contributed by atoms with Crippen LogP contribution < -0.4 is 0 Å². The molecule has 3 aromatic rings. The molecule has 1 aliphatic rings. The molecule has 0 heterocycles. The molecular weight excluding hydrogens is 376 g/mol. The predicted octanol–water partition coefficient (Wildman–Crippen LogP) is 4.98. The van der Waals surface area contributed by atoms with Gasteiger partial charge in [-0.1, -0.05) is 78.4 Å². The second-order valence-corrected chi connectivity index (χ2v) is 7.84. The molecule has 4 nitrogen and oxygen atoms in total. The molecule has 0 spiro atoms. The van der Waals surface area contributed by atoms with Crippen LogP contribution in [-0.4, -0.2) is 23.7 Å². The maximum absolute atomic E-state index is 12.5. The summed E-state index contributed by atoms with van der Waals surface area (Å²) in [5, 5.41) is 9.57. The Morgan fingerprint density at radius 2 is 1.47 bits per heavy atom. The van der Waals surface area contributed by atoms with Gasteiger partial charge in [0.2, 0.25) is 0 Å². The van der Waals surface area contributed by atoms with Gasteiger partial charge in [-0.2, -0.15) is 0 Å². The number of hydrogen-bond donors (Lipinski definition) is 1. The molecular formula is C26H24O4. The fraction of sp³-hybridized carbons (Fsp3) is 0.231. The topological polar surface area (TPSA) is 63.6 Å². The van der Waals surface area contributed by atoms with Gasteiger partial charge in [0.25, 0.3) is 0 Å². The number of carbonyl (C=O) groups excluding carboxylic acids is 1. The van der Waals surface area contributed by atoms with Gasteiger partial charge in [-0.15, -0.1) is 0 Å². The Balaban J connectivity index is 1.43. The van der Waals surface area contributed by atoms with E-state index in [0.29, 0.717) is 6.42 Å². The van der Waals surface area contributed by atoms with Gasteiger partial charge in [0.1, 0.15) is 6.61 Å². The summed E-state index contributed by atoms with van der Waals surface area (Å²) in [6.07, 6.45) is 0.166. The number of carbonyl (C=O) groups is 2. The Morgan fingerprint density at radius 3 is 2.03 bits per heavy atom. The predicted molar refractivity (Wildman–Crippen MR) is 115 cm³/mol. The van der Waals surface area contributed by atoms with Crippen LogP contribution in [0, 0.1) is 12.8 Å². The zero-order valence-corrected chi connectivity index (χ0v) is 16.9. The molecule has 152 valence electrons. The first-order valence-electron chi connectivity index (χ1n) is 10.1. The number of rotatable bonds is 7. The van der Waals surface area contributed by atoms with E-state index < -0.39 is 17.9 Å². The van der Waals surface area contributed by atoms with Crippen LogP contribution in [0.5, 0.6) is 0 Å². The van der Waals surface area contributed by atoms with E-state index in [1.54, 1.807) is 0 Å². The highest BCUT2D eigenvalue weighted by Crippen LogP contribution is 2.44. The average Bonchev–Trinajstić information content (AvgIpc) is 3.07. The highest BCUT2D eigenvalue weighted by molar-refractivity contribution is 5.80. The Kier molecular flexibility index (Phi) is 5.66. The van der Waals surface area contributed by atoms with Crippen LogP contribution in [0.25, 0.3) is 11.1 Å². The van der Waals surface area contributed by atoms with E-state index >= 15 is 0 Å². The minimum Gasteiger partial charge on any atom is -0.481 e. The summed E-state index contributed by atoms with van der Waals surface area (Å²) in [7, 11) is 0. The first-order chi connectivity index (χ1) is 14.5. The molecule has 1 aliphatic carbocycles. The largest absolute Gasteiger partial charge is 0.481 e. The molecule has 4 heteroatoms. The summed E-state index contributed by atoms with van der Waals surface area (Å²) < 4.78 is 5.57. The number of carboxylic acids is 1. The molecule has 0 bridgehead atoms. The number of aryl methyl sites for hydroxylation is 1. The Morgan fingerprint density at radius 1 is 0.900 bits per heavy atom. The standard InChI is InChI=1S/C26H24O4/c1-17-10-12-18(13-11-17)14-19(26(28)29)15-25(27)30-16-24-22-8-4-2-6-20(22)21-7-3-5-9-23(21)24/h2-13,19,24H,14-16H2,1H3,(H,28,29)/t19-/m1/s1. The van der Waals surface area contributed by atoms with Crippen molar-refractivity contribution in [1.29, 1.82) is 0 Å². The van der Waals surface area contributed by atoms with Crippen LogP contribution >= 0.6 is 0 Å². The lowest BCUT2D eigenvalue weighted by Gasteiger charge is -2.16. The molecule has 0 radical (unpaired) electrons. The van der Waals surface area contributed by atoms with E-state index in [0.717, 1.165) is 33.4 Å². The highest BCUT2D eigenvalue weighted by Gasteiger charge is 2.30. The summed E-state index contributed by atoms with van der Waals surface area (Å²) in [5.41, 5.74) is 6.62. The maximum Gasteiger partial charge on any atom is 0.307 e. The van der Waals surface area contributed by atoms with Crippen molar-refractivity contribution in [1.82, 2.24) is 0 Å². The lowest BCUT2D eigenvalue weighted by Crippen LogP contribution is -2.22. The third kappa shape index (κ3) is 4.13. The van der Waals surface area contributed by atoms with Crippen LogP contribution in [-0.2, 0) is 20.7 Å². The summed E-state index contributed by atoms with van der Waals surface area (Å²) >= 11 is 0. The smallest absolute Gasteiger partial charge is 0.307 e. The molecule has 0 amide bonds. The van der Waals surface area contributed by atoms with Gasteiger partial charge in [0.15, 0.2) is 0 Å². The second-order valence-electron chi connectivity index (χ2n) is 7.84. The molecule has 3 aromatic carbocycles. The summed E-state index contributed by atoms with van der Waals surface area (Å²) in [5.74, 6) is -2.29. The molecule has 1 atom stereocenters. The fourth-order valence-electron chi connectivity index (χ4n) is 4.13. The first-order valence-corrected chi connectivity index (χ1v) is 10.1. The second kappa shape index (κ2) is 8.54. The fourth-order valence-corrected chi connectivity index (χ4v) is 4.13. The van der Waals surface area contributed by atoms with Crippen molar-refractivity contribution in [2.75, 3.05) is 6.61 Å². The van der Waals surface area contributed by atoms with Crippen molar-refractivity contribution in [3.8, 4) is 11.1 Å². The van der Waals surface area contributed by atoms with Crippen LogP contribution in [0.2, 0.25) is 0 Å². The third-order valence-electron chi connectivity index (χ3n) is 5.74. The Labute approximate surface area is 176 Å². The molecule has 0 aromatic heterocycles. The molecule has 0 unspecified atom stereocenters. The third-order valence-corrected chi connectivity index (χ3v) is 5.74. The van der Waals surface area contributed by atoms with Gasteiger partial charge in [-0.3, -0.25) is 9.59 Å². The normalized spacial score (nSPS) is 13.4. The highest BCUT2D eigenvalue weighted by atomic mass is 16.5. The Hall–Kier alpha value is -3.40. The molecule has 30 heavy (non-hydrogen) atoms. The lowest BCUT2D eigenvalue weighted by molar-refractivity contribution is -0.151. The van der Waals surface area contributed by atoms with Crippen molar-refractivity contribution >= 4 is 11.9 Å². The summed E-state index contributed by atoms with van der Waals surface area (Å²) in [6.45, 7) is 2.19. The molecule has 4 rings (SSSR count). The van der Waals surface area contributed by atoms with Gasteiger partial charge in [-0.05, 0) is 41.2 Å². The van der Waals surface area contributed by atoms with Gasteiger partial charge < -0.3 is 9.84 Å². The van der Waals surface area contributed by atoms with Gasteiger partial charge >= 0.3 is 11.9 Å². The average molecular weight is 400 g/mol. The van der Waals surface area contributed by atoms with Crippen molar-refractivity contribution in [3.05, 3.63) is 95.1 Å². The van der Waals surface area contributed by atoms with E-state index in [1.165, 1.54) is 0 Å².